The Morgan fingerprint density at radius 1 is 1.03 bits per heavy atom. The van der Waals surface area contributed by atoms with Crippen LogP contribution in [-0.2, 0) is 4.79 Å². The summed E-state index contributed by atoms with van der Waals surface area (Å²) in [5, 5.41) is 20.5. The van der Waals surface area contributed by atoms with Crippen molar-refractivity contribution in [2.45, 2.75) is 19.8 Å². The number of nitriles is 1. The molecule has 0 radical (unpaired) electrons. The molecule has 5 nitrogen and oxygen atoms in total. The third-order valence-corrected chi connectivity index (χ3v) is 6.49. The standard InChI is InChI=1S/C27H24N2O3/c1-26(2)24(18-29-20-11-5-3-6-12-20)27(26,25(30)31)23(17-28)19-10-9-15-22(16-19)32-21-13-7-4-8-14-21/h3-16,18,23-24H,1-2H3,(H,30,31)/t23?,24?,27-/m0/s1. The van der Waals surface area contributed by atoms with E-state index < -0.39 is 28.6 Å². The molecule has 3 aromatic carbocycles. The van der Waals surface area contributed by atoms with Gasteiger partial charge in [-0.25, -0.2) is 0 Å². The number of hydrogen-bond acceptors (Lipinski definition) is 4. The average Bonchev–Trinajstić information content (AvgIpc) is 3.30. The Bertz CT molecular complexity index is 1180. The number of aliphatic carboxylic acids is 1. The van der Waals surface area contributed by atoms with E-state index in [1.54, 1.807) is 30.5 Å². The fourth-order valence-corrected chi connectivity index (χ4v) is 4.72. The van der Waals surface area contributed by atoms with Crippen LogP contribution >= 0.6 is 0 Å². The Kier molecular flexibility index (Phi) is 5.54. The van der Waals surface area contributed by atoms with Gasteiger partial charge in [0.15, 0.2) is 0 Å². The summed E-state index contributed by atoms with van der Waals surface area (Å²) in [4.78, 5) is 17.1. The number of carboxylic acids is 1. The molecule has 4 rings (SSSR count). The number of benzene rings is 3. The molecule has 1 aliphatic rings. The highest BCUT2D eigenvalue weighted by molar-refractivity contribution is 5.91. The molecule has 1 saturated carbocycles. The van der Waals surface area contributed by atoms with Crippen LogP contribution in [-0.4, -0.2) is 17.3 Å². The van der Waals surface area contributed by atoms with Crippen LogP contribution in [0, 0.1) is 28.1 Å². The van der Waals surface area contributed by atoms with Crippen molar-refractivity contribution in [3.05, 3.63) is 90.5 Å². The van der Waals surface area contributed by atoms with Crippen molar-refractivity contribution < 1.29 is 14.6 Å². The van der Waals surface area contributed by atoms with E-state index in [1.165, 1.54) is 0 Å². The maximum atomic E-state index is 12.6. The van der Waals surface area contributed by atoms with Gasteiger partial charge < -0.3 is 9.84 Å². The molecule has 3 aromatic rings. The SMILES string of the molecule is CC1(C)C(C=Nc2ccccc2)[C@]1(C(=O)O)C(C#N)c1cccc(Oc2ccccc2)c1. The van der Waals surface area contributed by atoms with Crippen LogP contribution in [0.15, 0.2) is 89.9 Å². The van der Waals surface area contributed by atoms with E-state index in [0.29, 0.717) is 17.1 Å². The number of aliphatic imine (C=N–C) groups is 1. The van der Waals surface area contributed by atoms with Crippen LogP contribution in [0.25, 0.3) is 0 Å². The first-order valence-corrected chi connectivity index (χ1v) is 10.5. The minimum Gasteiger partial charge on any atom is -0.481 e. The minimum atomic E-state index is -1.29. The zero-order valence-corrected chi connectivity index (χ0v) is 18.0. The molecule has 0 amide bonds. The first-order chi connectivity index (χ1) is 15.4. The summed E-state index contributed by atoms with van der Waals surface area (Å²) in [5.74, 6) is -1.02. The van der Waals surface area contributed by atoms with Crippen molar-refractivity contribution in [1.82, 2.24) is 0 Å². The molecular weight excluding hydrogens is 400 g/mol. The predicted molar refractivity (Wildman–Crippen MR) is 123 cm³/mol. The van der Waals surface area contributed by atoms with Gasteiger partial charge in [0.05, 0.1) is 17.7 Å². The maximum Gasteiger partial charge on any atom is 0.312 e. The molecule has 0 bridgehead atoms. The van der Waals surface area contributed by atoms with Gasteiger partial charge in [-0.1, -0.05) is 62.4 Å². The summed E-state index contributed by atoms with van der Waals surface area (Å²) in [6.07, 6.45) is 1.69. The fourth-order valence-electron chi connectivity index (χ4n) is 4.72. The summed E-state index contributed by atoms with van der Waals surface area (Å²) in [6.45, 7) is 3.77. The van der Waals surface area contributed by atoms with Gasteiger partial charge in [-0.2, -0.15) is 5.26 Å². The van der Waals surface area contributed by atoms with Gasteiger partial charge in [0.2, 0.25) is 0 Å². The summed E-state index contributed by atoms with van der Waals surface area (Å²) >= 11 is 0. The molecule has 0 spiro atoms. The minimum absolute atomic E-state index is 0.393. The van der Waals surface area contributed by atoms with E-state index in [9.17, 15) is 15.2 Å². The zero-order chi connectivity index (χ0) is 22.8. The van der Waals surface area contributed by atoms with Crippen molar-refractivity contribution in [2.75, 3.05) is 0 Å². The monoisotopic (exact) mass is 424 g/mol. The second-order valence-corrected chi connectivity index (χ2v) is 8.54. The maximum absolute atomic E-state index is 12.6. The Morgan fingerprint density at radius 2 is 1.66 bits per heavy atom. The summed E-state index contributed by atoms with van der Waals surface area (Å²) in [6, 6.07) is 28.1. The van der Waals surface area contributed by atoms with Crippen molar-refractivity contribution in [3.63, 3.8) is 0 Å². The zero-order valence-electron chi connectivity index (χ0n) is 18.0. The number of nitrogens with zero attached hydrogens (tertiary/aromatic N) is 2. The Balaban J connectivity index is 1.68. The first kappa shape index (κ1) is 21.3. The van der Waals surface area contributed by atoms with Crippen molar-refractivity contribution in [1.29, 1.82) is 5.26 Å². The molecule has 1 N–H and O–H groups in total. The number of ether oxygens (including phenoxy) is 1. The van der Waals surface area contributed by atoms with Crippen LogP contribution in [0.5, 0.6) is 11.5 Å². The summed E-state index contributed by atoms with van der Waals surface area (Å²) in [5.41, 5.74) is -0.563. The first-order valence-electron chi connectivity index (χ1n) is 10.5. The number of rotatable bonds is 7. The lowest BCUT2D eigenvalue weighted by Gasteiger charge is -2.22. The highest BCUT2D eigenvalue weighted by Gasteiger charge is 2.79. The lowest BCUT2D eigenvalue weighted by molar-refractivity contribution is -0.145. The second-order valence-electron chi connectivity index (χ2n) is 8.54. The van der Waals surface area contributed by atoms with E-state index in [-0.39, 0.29) is 0 Å². The third-order valence-electron chi connectivity index (χ3n) is 6.49. The summed E-state index contributed by atoms with van der Waals surface area (Å²) in [7, 11) is 0. The van der Waals surface area contributed by atoms with Gasteiger partial charge in [-0.15, -0.1) is 0 Å². The Labute approximate surface area is 187 Å². The highest BCUT2D eigenvalue weighted by Crippen LogP contribution is 2.74. The molecule has 0 aromatic heterocycles. The van der Waals surface area contributed by atoms with Crippen molar-refractivity contribution >= 4 is 17.9 Å². The van der Waals surface area contributed by atoms with Crippen LogP contribution in [0.3, 0.4) is 0 Å². The van der Waals surface area contributed by atoms with Gasteiger partial charge in [-0.3, -0.25) is 9.79 Å². The predicted octanol–water partition coefficient (Wildman–Crippen LogP) is 6.22. The summed E-state index contributed by atoms with van der Waals surface area (Å²) < 4.78 is 5.91. The highest BCUT2D eigenvalue weighted by atomic mass is 16.5. The van der Waals surface area contributed by atoms with E-state index in [1.807, 2.05) is 74.5 Å². The molecular formula is C27H24N2O3. The van der Waals surface area contributed by atoms with E-state index in [2.05, 4.69) is 11.1 Å². The topological polar surface area (TPSA) is 82.7 Å². The Hall–Kier alpha value is -3.91. The van der Waals surface area contributed by atoms with E-state index in [4.69, 9.17) is 4.74 Å². The molecule has 1 fully saturated rings. The molecule has 3 atom stereocenters. The van der Waals surface area contributed by atoms with Crippen molar-refractivity contribution in [2.24, 2.45) is 21.7 Å². The number of carboxylic acid groups (broad SMARTS) is 1. The lowest BCUT2D eigenvalue weighted by Crippen LogP contribution is -2.29. The van der Waals surface area contributed by atoms with Gasteiger partial charge in [-0.05, 0) is 47.4 Å². The molecule has 2 unspecified atom stereocenters. The van der Waals surface area contributed by atoms with Gasteiger partial charge in [0.25, 0.3) is 0 Å². The van der Waals surface area contributed by atoms with E-state index >= 15 is 0 Å². The largest absolute Gasteiger partial charge is 0.481 e. The lowest BCUT2D eigenvalue weighted by atomic mass is 9.78. The molecule has 0 aliphatic heterocycles. The molecule has 1 aliphatic carbocycles. The average molecular weight is 425 g/mol. The molecule has 5 heteroatoms. The quantitative estimate of drug-likeness (QED) is 0.457. The van der Waals surface area contributed by atoms with Gasteiger partial charge >= 0.3 is 5.97 Å². The number of para-hydroxylation sites is 2. The second kappa shape index (κ2) is 8.32. The number of carbonyl (C=O) groups is 1. The normalized spacial score (nSPS) is 22.1. The van der Waals surface area contributed by atoms with Crippen LogP contribution < -0.4 is 4.74 Å². The molecule has 0 saturated heterocycles. The molecule has 32 heavy (non-hydrogen) atoms. The molecule has 160 valence electrons. The van der Waals surface area contributed by atoms with Crippen LogP contribution in [0.4, 0.5) is 5.69 Å². The molecule has 0 heterocycles. The number of hydrogen-bond donors (Lipinski definition) is 1. The van der Waals surface area contributed by atoms with Crippen molar-refractivity contribution in [3.8, 4) is 17.6 Å². The van der Waals surface area contributed by atoms with E-state index in [0.717, 1.165) is 5.69 Å². The van der Waals surface area contributed by atoms with Crippen LogP contribution in [0.2, 0.25) is 0 Å². The Morgan fingerprint density at radius 3 is 2.28 bits per heavy atom. The third kappa shape index (κ3) is 3.54. The van der Waals surface area contributed by atoms with Gasteiger partial charge in [0.1, 0.15) is 16.9 Å². The fraction of sp³-hybridized carbons (Fsp3) is 0.222. The smallest absolute Gasteiger partial charge is 0.312 e. The van der Waals surface area contributed by atoms with Crippen LogP contribution in [0.1, 0.15) is 25.3 Å². The van der Waals surface area contributed by atoms with Gasteiger partial charge in [0, 0.05) is 12.1 Å².